The van der Waals surface area contributed by atoms with Crippen molar-refractivity contribution in [3.8, 4) is 5.75 Å². The van der Waals surface area contributed by atoms with Crippen molar-refractivity contribution in [3.63, 3.8) is 0 Å². The lowest BCUT2D eigenvalue weighted by atomic mass is 10.1. The van der Waals surface area contributed by atoms with Gasteiger partial charge in [0.1, 0.15) is 24.6 Å². The maximum atomic E-state index is 12.9. The van der Waals surface area contributed by atoms with Gasteiger partial charge in [0.25, 0.3) is 5.91 Å². The molecule has 4 amide bonds. The SMILES string of the molecule is CCc1ccccc1NC(=O)CN1C(=O)N/C(=C/c2ccccc2OCc2ccc(Cl)cc2)C1=O. The molecule has 8 heteroatoms. The molecular weight excluding hydrogens is 466 g/mol. The number of urea groups is 1. The van der Waals surface area contributed by atoms with Crippen LogP contribution in [0.3, 0.4) is 0 Å². The molecule has 1 fully saturated rings. The lowest BCUT2D eigenvalue weighted by Gasteiger charge is -2.13. The Kier molecular flexibility index (Phi) is 7.48. The van der Waals surface area contributed by atoms with Crippen LogP contribution in [0.5, 0.6) is 5.75 Å². The van der Waals surface area contributed by atoms with E-state index in [1.807, 2.05) is 43.3 Å². The number of halogens is 1. The summed E-state index contributed by atoms with van der Waals surface area (Å²) >= 11 is 5.93. The second-order valence-electron chi connectivity index (χ2n) is 7.89. The molecule has 0 bridgehead atoms. The predicted octanol–water partition coefficient (Wildman–Crippen LogP) is 5.01. The van der Waals surface area contributed by atoms with Gasteiger partial charge in [-0.25, -0.2) is 9.69 Å². The van der Waals surface area contributed by atoms with Crippen LogP contribution in [0, 0.1) is 0 Å². The van der Waals surface area contributed by atoms with E-state index in [4.69, 9.17) is 16.3 Å². The number of amides is 4. The first-order valence-electron chi connectivity index (χ1n) is 11.1. The second kappa shape index (κ2) is 10.9. The van der Waals surface area contributed by atoms with Gasteiger partial charge < -0.3 is 15.4 Å². The van der Waals surface area contributed by atoms with Crippen LogP contribution in [-0.2, 0) is 22.6 Å². The highest BCUT2D eigenvalue weighted by atomic mass is 35.5. The molecule has 0 aliphatic carbocycles. The first-order chi connectivity index (χ1) is 16.9. The Hall–Kier alpha value is -4.10. The van der Waals surface area contributed by atoms with Gasteiger partial charge in [-0.15, -0.1) is 0 Å². The Morgan fingerprint density at radius 3 is 2.51 bits per heavy atom. The third-order valence-corrected chi connectivity index (χ3v) is 5.71. The van der Waals surface area contributed by atoms with Crippen molar-refractivity contribution in [2.45, 2.75) is 20.0 Å². The molecule has 178 valence electrons. The molecule has 1 heterocycles. The number of rotatable bonds is 8. The zero-order valence-electron chi connectivity index (χ0n) is 19.1. The molecule has 1 aliphatic heterocycles. The molecule has 3 aromatic carbocycles. The highest BCUT2D eigenvalue weighted by Crippen LogP contribution is 2.24. The second-order valence-corrected chi connectivity index (χ2v) is 8.33. The minimum atomic E-state index is -0.653. The molecule has 1 saturated heterocycles. The van der Waals surface area contributed by atoms with E-state index >= 15 is 0 Å². The molecule has 0 unspecified atom stereocenters. The van der Waals surface area contributed by atoms with Crippen molar-refractivity contribution in [2.75, 3.05) is 11.9 Å². The molecule has 3 aromatic rings. The zero-order chi connectivity index (χ0) is 24.8. The fourth-order valence-corrected chi connectivity index (χ4v) is 3.75. The molecule has 7 nitrogen and oxygen atoms in total. The van der Waals surface area contributed by atoms with Crippen molar-refractivity contribution < 1.29 is 19.1 Å². The number of hydrogen-bond donors (Lipinski definition) is 2. The van der Waals surface area contributed by atoms with Crippen molar-refractivity contribution >= 4 is 41.2 Å². The molecule has 0 radical (unpaired) electrons. The Morgan fingerprint density at radius 1 is 1.03 bits per heavy atom. The Morgan fingerprint density at radius 2 is 1.74 bits per heavy atom. The van der Waals surface area contributed by atoms with Crippen molar-refractivity contribution in [3.05, 3.63) is 100 Å². The number of aryl methyl sites for hydroxylation is 1. The predicted molar refractivity (Wildman–Crippen MR) is 135 cm³/mol. The van der Waals surface area contributed by atoms with Gasteiger partial charge >= 0.3 is 6.03 Å². The van der Waals surface area contributed by atoms with Crippen molar-refractivity contribution in [1.29, 1.82) is 0 Å². The summed E-state index contributed by atoms with van der Waals surface area (Å²) in [6, 6.07) is 21.2. The molecule has 0 spiro atoms. The lowest BCUT2D eigenvalue weighted by molar-refractivity contribution is -0.127. The van der Waals surface area contributed by atoms with Gasteiger partial charge in [0.2, 0.25) is 5.91 Å². The summed E-state index contributed by atoms with van der Waals surface area (Å²) in [5.41, 5.74) is 3.25. The molecule has 0 atom stereocenters. The van der Waals surface area contributed by atoms with Crippen LogP contribution in [0.2, 0.25) is 5.02 Å². The minimum Gasteiger partial charge on any atom is -0.488 e. The number of carbonyl (C=O) groups is 3. The summed E-state index contributed by atoms with van der Waals surface area (Å²) in [4.78, 5) is 38.8. The van der Waals surface area contributed by atoms with Crippen LogP contribution in [-0.4, -0.2) is 29.3 Å². The molecule has 35 heavy (non-hydrogen) atoms. The van der Waals surface area contributed by atoms with Crippen molar-refractivity contribution in [1.82, 2.24) is 10.2 Å². The number of hydrogen-bond acceptors (Lipinski definition) is 4. The fourth-order valence-electron chi connectivity index (χ4n) is 3.63. The third kappa shape index (κ3) is 5.88. The molecule has 4 rings (SSSR count). The number of imide groups is 1. The summed E-state index contributed by atoms with van der Waals surface area (Å²) in [6.07, 6.45) is 2.29. The molecule has 0 aromatic heterocycles. The van der Waals surface area contributed by atoms with Crippen molar-refractivity contribution in [2.24, 2.45) is 0 Å². The lowest BCUT2D eigenvalue weighted by Crippen LogP contribution is -2.38. The van der Waals surface area contributed by atoms with Gasteiger partial charge in [0, 0.05) is 16.3 Å². The quantitative estimate of drug-likeness (QED) is 0.344. The van der Waals surface area contributed by atoms with Crippen LogP contribution in [0.4, 0.5) is 10.5 Å². The summed E-state index contributed by atoms with van der Waals surface area (Å²) in [5.74, 6) is -0.492. The van der Waals surface area contributed by atoms with Crippen LogP contribution in [0.25, 0.3) is 6.08 Å². The number of benzene rings is 3. The van der Waals surface area contributed by atoms with E-state index in [9.17, 15) is 14.4 Å². The highest BCUT2D eigenvalue weighted by molar-refractivity contribution is 6.30. The number of carbonyl (C=O) groups excluding carboxylic acids is 3. The Balaban J connectivity index is 1.45. The van der Waals surface area contributed by atoms with Crippen LogP contribution in [0.15, 0.2) is 78.5 Å². The monoisotopic (exact) mass is 489 g/mol. The average molecular weight is 490 g/mol. The first kappa shape index (κ1) is 24.0. The van der Waals surface area contributed by atoms with Crippen LogP contribution < -0.4 is 15.4 Å². The van der Waals surface area contributed by atoms with Gasteiger partial charge in [0.05, 0.1) is 0 Å². The number of anilines is 1. The van der Waals surface area contributed by atoms with E-state index < -0.39 is 24.4 Å². The Bertz CT molecular complexity index is 1290. The molecule has 2 N–H and O–H groups in total. The number of nitrogens with zero attached hydrogens (tertiary/aromatic N) is 1. The third-order valence-electron chi connectivity index (χ3n) is 5.46. The van der Waals surface area contributed by atoms with E-state index in [1.165, 1.54) is 0 Å². The van der Waals surface area contributed by atoms with Gasteiger partial charge in [-0.2, -0.15) is 0 Å². The maximum absolute atomic E-state index is 12.9. The van der Waals surface area contributed by atoms with Gasteiger partial charge in [-0.3, -0.25) is 9.59 Å². The maximum Gasteiger partial charge on any atom is 0.329 e. The van der Waals surface area contributed by atoms with E-state index in [2.05, 4.69) is 10.6 Å². The standard InChI is InChI=1S/C27H24ClN3O4/c1-2-19-7-3-5-9-22(19)29-25(32)16-31-26(33)23(30-27(31)34)15-20-8-4-6-10-24(20)35-17-18-11-13-21(28)14-12-18/h3-15H,2,16-17H2,1H3,(H,29,32)(H,30,34)/b23-15+. The van der Waals surface area contributed by atoms with E-state index in [0.717, 1.165) is 22.4 Å². The van der Waals surface area contributed by atoms with E-state index in [-0.39, 0.29) is 5.70 Å². The van der Waals surface area contributed by atoms with E-state index in [1.54, 1.807) is 42.5 Å². The summed E-state index contributed by atoms with van der Waals surface area (Å²) in [6.45, 7) is 1.90. The molecule has 0 saturated carbocycles. The summed E-state index contributed by atoms with van der Waals surface area (Å²) < 4.78 is 5.93. The summed E-state index contributed by atoms with van der Waals surface area (Å²) in [5, 5.41) is 5.97. The molecule has 1 aliphatic rings. The highest BCUT2D eigenvalue weighted by Gasteiger charge is 2.35. The zero-order valence-corrected chi connectivity index (χ0v) is 19.8. The van der Waals surface area contributed by atoms with E-state index in [0.29, 0.717) is 28.6 Å². The summed E-state index contributed by atoms with van der Waals surface area (Å²) in [7, 11) is 0. The average Bonchev–Trinajstić information content (AvgIpc) is 3.12. The largest absolute Gasteiger partial charge is 0.488 e. The van der Waals surface area contributed by atoms with Crippen LogP contribution in [0.1, 0.15) is 23.6 Å². The topological polar surface area (TPSA) is 87.7 Å². The minimum absolute atomic E-state index is 0.0688. The number of para-hydroxylation sites is 2. The van der Waals surface area contributed by atoms with Gasteiger partial charge in [-0.1, -0.05) is 67.1 Å². The fraction of sp³-hybridized carbons (Fsp3) is 0.148. The number of nitrogens with one attached hydrogen (secondary N) is 2. The normalized spacial score (nSPS) is 14.2. The van der Waals surface area contributed by atoms with Gasteiger partial charge in [-0.05, 0) is 47.9 Å². The Labute approximate surface area is 208 Å². The number of ether oxygens (including phenoxy) is 1. The molecular formula is C27H24ClN3O4. The van der Waals surface area contributed by atoms with Crippen LogP contribution >= 0.6 is 11.6 Å². The first-order valence-corrected chi connectivity index (χ1v) is 11.5. The van der Waals surface area contributed by atoms with Gasteiger partial charge in [0.15, 0.2) is 0 Å². The smallest absolute Gasteiger partial charge is 0.329 e.